The van der Waals surface area contributed by atoms with Gasteiger partial charge < -0.3 is 15.5 Å². The van der Waals surface area contributed by atoms with Crippen molar-refractivity contribution in [1.29, 1.82) is 0 Å². The minimum Gasteiger partial charge on any atom is -0.378 e. The van der Waals surface area contributed by atoms with E-state index >= 15 is 0 Å². The fourth-order valence-electron chi connectivity index (χ4n) is 3.47. The standard InChI is InChI=1S/C23H25N7O2/c1-14-8-9-18(25-15(2)31)11-20(14)30-13-16-12-24-22(27-21(16)28-23(30)32)26-17-6-5-7-19(10-17)29(3)4/h5-12H,13H2,1-4H3,(H,25,31)(H2,24,26,27,28,32). The molecule has 1 aliphatic heterocycles. The SMILES string of the molecule is CC(=O)Nc1ccc(C)c(N2Cc3cnc(Nc4cccc(N(C)C)c4)nc3NC2=O)c1. The fourth-order valence-corrected chi connectivity index (χ4v) is 3.47. The highest BCUT2D eigenvalue weighted by Gasteiger charge is 2.27. The Morgan fingerprint density at radius 3 is 2.72 bits per heavy atom. The Morgan fingerprint density at radius 1 is 1.16 bits per heavy atom. The fraction of sp³-hybridized carbons (Fsp3) is 0.217. The lowest BCUT2D eigenvalue weighted by Crippen LogP contribution is -2.39. The quantitative estimate of drug-likeness (QED) is 0.562. The molecule has 0 saturated carbocycles. The summed E-state index contributed by atoms with van der Waals surface area (Å²) in [6, 6.07) is 13.1. The first kappa shape index (κ1) is 21.1. The Kier molecular flexibility index (Phi) is 5.63. The second kappa shape index (κ2) is 8.54. The van der Waals surface area contributed by atoms with E-state index in [0.29, 0.717) is 29.7 Å². The average molecular weight is 432 g/mol. The number of hydrogen-bond acceptors (Lipinski definition) is 6. The summed E-state index contributed by atoms with van der Waals surface area (Å²) in [5, 5.41) is 8.79. The van der Waals surface area contributed by atoms with Gasteiger partial charge in [0.15, 0.2) is 0 Å². The molecular weight excluding hydrogens is 406 g/mol. The van der Waals surface area contributed by atoms with Crippen LogP contribution in [0.3, 0.4) is 0 Å². The predicted molar refractivity (Wildman–Crippen MR) is 127 cm³/mol. The van der Waals surface area contributed by atoms with Crippen molar-refractivity contribution in [2.24, 2.45) is 0 Å². The third kappa shape index (κ3) is 4.46. The van der Waals surface area contributed by atoms with Crippen LogP contribution in [0.2, 0.25) is 0 Å². The highest BCUT2D eigenvalue weighted by atomic mass is 16.2. The topological polar surface area (TPSA) is 102 Å². The average Bonchev–Trinajstić information content (AvgIpc) is 2.74. The lowest BCUT2D eigenvalue weighted by Gasteiger charge is -2.30. The van der Waals surface area contributed by atoms with Gasteiger partial charge in [0, 0.05) is 49.8 Å². The van der Waals surface area contributed by atoms with Gasteiger partial charge >= 0.3 is 6.03 Å². The Bertz CT molecular complexity index is 1190. The molecule has 0 atom stereocenters. The maximum atomic E-state index is 12.9. The zero-order valence-electron chi connectivity index (χ0n) is 18.4. The van der Waals surface area contributed by atoms with E-state index in [4.69, 9.17) is 0 Å². The van der Waals surface area contributed by atoms with Crippen LogP contribution in [0.4, 0.5) is 39.3 Å². The van der Waals surface area contributed by atoms with Crippen LogP contribution in [0.15, 0.2) is 48.7 Å². The summed E-state index contributed by atoms with van der Waals surface area (Å²) in [7, 11) is 3.95. The smallest absolute Gasteiger partial charge is 0.327 e. The molecule has 1 aromatic heterocycles. The lowest BCUT2D eigenvalue weighted by molar-refractivity contribution is -0.114. The van der Waals surface area contributed by atoms with Crippen molar-refractivity contribution in [3.05, 3.63) is 59.8 Å². The summed E-state index contributed by atoms with van der Waals surface area (Å²) in [6.07, 6.45) is 1.71. The molecule has 3 aromatic rings. The van der Waals surface area contributed by atoms with Gasteiger partial charge in [-0.3, -0.25) is 15.0 Å². The number of carbonyl (C=O) groups is 2. The van der Waals surface area contributed by atoms with Crippen molar-refractivity contribution in [2.75, 3.05) is 39.8 Å². The zero-order chi connectivity index (χ0) is 22.8. The van der Waals surface area contributed by atoms with Gasteiger partial charge in [0.1, 0.15) is 5.82 Å². The van der Waals surface area contributed by atoms with Crippen LogP contribution >= 0.6 is 0 Å². The monoisotopic (exact) mass is 431 g/mol. The summed E-state index contributed by atoms with van der Waals surface area (Å²) < 4.78 is 0. The van der Waals surface area contributed by atoms with E-state index in [9.17, 15) is 9.59 Å². The van der Waals surface area contributed by atoms with Gasteiger partial charge in [0.25, 0.3) is 0 Å². The number of fused-ring (bicyclic) bond motifs is 1. The number of urea groups is 1. The van der Waals surface area contributed by atoms with E-state index in [-0.39, 0.29) is 11.9 Å². The van der Waals surface area contributed by atoms with Crippen LogP contribution in [-0.2, 0) is 11.3 Å². The highest BCUT2D eigenvalue weighted by Crippen LogP contribution is 2.31. The molecule has 164 valence electrons. The van der Waals surface area contributed by atoms with Gasteiger partial charge in [-0.1, -0.05) is 12.1 Å². The minimum absolute atomic E-state index is 0.169. The third-order valence-corrected chi connectivity index (χ3v) is 5.10. The molecule has 9 heteroatoms. The first-order valence-corrected chi connectivity index (χ1v) is 10.2. The maximum absolute atomic E-state index is 12.9. The van der Waals surface area contributed by atoms with Gasteiger partial charge in [-0.25, -0.2) is 9.78 Å². The number of benzene rings is 2. The lowest BCUT2D eigenvalue weighted by atomic mass is 10.1. The number of amides is 3. The van der Waals surface area contributed by atoms with E-state index in [0.717, 1.165) is 22.5 Å². The molecule has 0 bridgehead atoms. The van der Waals surface area contributed by atoms with Crippen LogP contribution in [0.25, 0.3) is 0 Å². The van der Waals surface area contributed by atoms with E-state index in [1.54, 1.807) is 17.2 Å². The molecule has 1 aliphatic rings. The Labute approximate surface area is 186 Å². The summed E-state index contributed by atoms with van der Waals surface area (Å²) >= 11 is 0. The number of nitrogens with zero attached hydrogens (tertiary/aromatic N) is 4. The van der Waals surface area contributed by atoms with Crippen LogP contribution in [0.5, 0.6) is 0 Å². The van der Waals surface area contributed by atoms with Crippen LogP contribution < -0.4 is 25.8 Å². The predicted octanol–water partition coefficient (Wildman–Crippen LogP) is 4.11. The number of rotatable bonds is 5. The van der Waals surface area contributed by atoms with Crippen molar-refractivity contribution >= 4 is 46.5 Å². The zero-order valence-corrected chi connectivity index (χ0v) is 18.4. The van der Waals surface area contributed by atoms with Gasteiger partial charge in [-0.05, 0) is 42.8 Å². The number of nitrogens with one attached hydrogen (secondary N) is 3. The summed E-state index contributed by atoms with van der Waals surface area (Å²) in [6.45, 7) is 3.69. The van der Waals surface area contributed by atoms with Crippen molar-refractivity contribution < 1.29 is 9.59 Å². The van der Waals surface area contributed by atoms with E-state index in [2.05, 4.69) is 25.9 Å². The van der Waals surface area contributed by atoms with E-state index < -0.39 is 0 Å². The second-order valence-electron chi connectivity index (χ2n) is 7.84. The van der Waals surface area contributed by atoms with E-state index in [1.165, 1.54) is 6.92 Å². The molecule has 3 N–H and O–H groups in total. The molecule has 32 heavy (non-hydrogen) atoms. The van der Waals surface area contributed by atoms with Crippen molar-refractivity contribution in [3.63, 3.8) is 0 Å². The molecule has 0 aliphatic carbocycles. The Hall–Kier alpha value is -4.14. The molecule has 3 amide bonds. The van der Waals surface area contributed by atoms with Crippen molar-refractivity contribution in [3.8, 4) is 0 Å². The molecule has 9 nitrogen and oxygen atoms in total. The van der Waals surface area contributed by atoms with Gasteiger partial charge in [-0.2, -0.15) is 4.98 Å². The third-order valence-electron chi connectivity index (χ3n) is 5.10. The van der Waals surface area contributed by atoms with Crippen molar-refractivity contribution in [2.45, 2.75) is 20.4 Å². The Morgan fingerprint density at radius 2 is 1.97 bits per heavy atom. The molecule has 0 saturated heterocycles. The molecule has 0 spiro atoms. The van der Waals surface area contributed by atoms with Gasteiger partial charge in [0.05, 0.1) is 12.2 Å². The number of carbonyl (C=O) groups excluding carboxylic acids is 2. The number of hydrogen-bond donors (Lipinski definition) is 3. The summed E-state index contributed by atoms with van der Waals surface area (Å²) in [5.41, 5.74) is 4.95. The summed E-state index contributed by atoms with van der Waals surface area (Å²) in [4.78, 5) is 36.8. The molecule has 0 fully saturated rings. The first-order chi connectivity index (χ1) is 15.3. The van der Waals surface area contributed by atoms with Gasteiger partial charge in [0.2, 0.25) is 11.9 Å². The number of anilines is 6. The van der Waals surface area contributed by atoms with Crippen LogP contribution in [-0.4, -0.2) is 36.0 Å². The molecular formula is C23H25N7O2. The van der Waals surface area contributed by atoms with E-state index in [1.807, 2.05) is 62.3 Å². The van der Waals surface area contributed by atoms with Gasteiger partial charge in [-0.15, -0.1) is 0 Å². The molecule has 2 heterocycles. The van der Waals surface area contributed by atoms with Crippen LogP contribution in [0, 0.1) is 6.92 Å². The Balaban J connectivity index is 1.57. The second-order valence-corrected chi connectivity index (χ2v) is 7.84. The minimum atomic E-state index is -0.292. The first-order valence-electron chi connectivity index (χ1n) is 10.2. The normalized spacial score (nSPS) is 12.6. The molecule has 0 radical (unpaired) electrons. The molecule has 4 rings (SSSR count). The maximum Gasteiger partial charge on any atom is 0.327 e. The largest absolute Gasteiger partial charge is 0.378 e. The highest BCUT2D eigenvalue weighted by molar-refractivity contribution is 6.04. The number of aromatic nitrogens is 2. The molecule has 2 aromatic carbocycles. The number of aryl methyl sites for hydroxylation is 1. The van der Waals surface area contributed by atoms with Crippen molar-refractivity contribution in [1.82, 2.24) is 9.97 Å². The van der Waals surface area contributed by atoms with Crippen LogP contribution in [0.1, 0.15) is 18.1 Å². The summed E-state index contributed by atoms with van der Waals surface area (Å²) in [5.74, 6) is 0.707. The molecule has 0 unspecified atom stereocenters.